The van der Waals surface area contributed by atoms with Crippen molar-refractivity contribution < 1.29 is 29.0 Å². The average Bonchev–Trinajstić information content (AvgIpc) is 3.15. The minimum atomic E-state index is -1.22. The van der Waals surface area contributed by atoms with Crippen LogP contribution in [-0.4, -0.2) is 81.8 Å². The third-order valence-electron chi connectivity index (χ3n) is 7.52. The number of rotatable bonds is 5. The number of ether oxygens (including phenoxy) is 2. The topological polar surface area (TPSA) is 96.4 Å². The molecule has 2 fully saturated rings. The number of esters is 1. The van der Waals surface area contributed by atoms with Gasteiger partial charge in [0.25, 0.3) is 0 Å². The molecule has 0 aromatic rings. The zero-order chi connectivity index (χ0) is 24.7. The van der Waals surface area contributed by atoms with Crippen LogP contribution in [-0.2, 0) is 23.9 Å². The second-order valence-corrected chi connectivity index (χ2v) is 10.9. The molecule has 8 heteroatoms. The number of cyclic esters (lactones) is 1. The van der Waals surface area contributed by atoms with Crippen molar-refractivity contribution >= 4 is 17.8 Å². The summed E-state index contributed by atoms with van der Waals surface area (Å²) in [4.78, 5) is 44.7. The second kappa shape index (κ2) is 9.46. The predicted molar refractivity (Wildman–Crippen MR) is 126 cm³/mol. The number of fused-ring (bicyclic) bond motifs is 2. The highest BCUT2D eigenvalue weighted by molar-refractivity contribution is 5.99. The van der Waals surface area contributed by atoms with Gasteiger partial charge in [0.2, 0.25) is 11.8 Å². The summed E-state index contributed by atoms with van der Waals surface area (Å²) in [7, 11) is 0. The highest BCUT2D eigenvalue weighted by Gasteiger charge is 2.72. The smallest absolute Gasteiger partial charge is 0.313 e. The van der Waals surface area contributed by atoms with Crippen molar-refractivity contribution in [3.05, 3.63) is 24.3 Å². The third kappa shape index (κ3) is 4.19. The van der Waals surface area contributed by atoms with E-state index in [-0.39, 0.29) is 24.5 Å². The van der Waals surface area contributed by atoms with Gasteiger partial charge >= 0.3 is 5.97 Å². The first-order chi connectivity index (χ1) is 16.1. The summed E-state index contributed by atoms with van der Waals surface area (Å²) in [5, 5.41) is 9.16. The van der Waals surface area contributed by atoms with E-state index < -0.39 is 41.1 Å². The van der Waals surface area contributed by atoms with E-state index in [2.05, 4.69) is 0 Å². The summed E-state index contributed by atoms with van der Waals surface area (Å²) < 4.78 is 12.3. The Hall–Kier alpha value is -2.19. The van der Waals surface area contributed by atoms with Crippen molar-refractivity contribution in [3.8, 4) is 0 Å². The fourth-order valence-corrected chi connectivity index (χ4v) is 5.86. The Balaban J connectivity index is 1.77. The van der Waals surface area contributed by atoms with Crippen molar-refractivity contribution in [2.45, 2.75) is 89.2 Å². The number of aliphatic hydroxyl groups is 1. The Morgan fingerprint density at radius 2 is 1.88 bits per heavy atom. The highest BCUT2D eigenvalue weighted by Crippen LogP contribution is 2.53. The van der Waals surface area contributed by atoms with E-state index in [0.29, 0.717) is 32.4 Å². The summed E-state index contributed by atoms with van der Waals surface area (Å²) in [5.41, 5.74) is -1.66. The molecule has 4 aliphatic rings. The van der Waals surface area contributed by atoms with Crippen LogP contribution in [0.15, 0.2) is 24.3 Å². The number of carbonyl (C=O) groups is 3. The lowest BCUT2D eigenvalue weighted by Crippen LogP contribution is -2.58. The van der Waals surface area contributed by atoms with Gasteiger partial charge in [-0.15, -0.1) is 0 Å². The quantitative estimate of drug-likeness (QED) is 0.373. The molecule has 2 amide bonds. The van der Waals surface area contributed by atoms with Crippen LogP contribution in [0.1, 0.15) is 59.8 Å². The van der Waals surface area contributed by atoms with Gasteiger partial charge in [-0.2, -0.15) is 0 Å². The number of hydrogen-bond acceptors (Lipinski definition) is 6. The number of carbonyl (C=O) groups excluding carboxylic acids is 3. The number of allylic oxidation sites excluding steroid dienone is 1. The molecular weight excluding hydrogens is 436 g/mol. The zero-order valence-electron chi connectivity index (χ0n) is 20.7. The number of nitrogens with zero attached hydrogens (tertiary/aromatic N) is 2. The van der Waals surface area contributed by atoms with Crippen LogP contribution in [0.4, 0.5) is 0 Å². The molecule has 4 heterocycles. The normalized spacial score (nSPS) is 36.7. The maximum Gasteiger partial charge on any atom is 0.313 e. The van der Waals surface area contributed by atoms with Crippen LogP contribution < -0.4 is 0 Å². The van der Waals surface area contributed by atoms with E-state index in [0.717, 1.165) is 12.8 Å². The molecule has 188 valence electrons. The van der Waals surface area contributed by atoms with E-state index in [1.54, 1.807) is 9.80 Å². The summed E-state index contributed by atoms with van der Waals surface area (Å²) in [6.45, 7) is 8.67. The van der Waals surface area contributed by atoms with Gasteiger partial charge in [0.15, 0.2) is 0 Å². The number of unbranched alkanes of at least 4 members (excludes halogenated alkanes) is 2. The Kier molecular flexibility index (Phi) is 6.93. The molecule has 1 N–H and O–H groups in total. The Bertz CT molecular complexity index is 877. The molecule has 0 aliphatic carbocycles. The number of hydrogen-bond donors (Lipinski definition) is 1. The summed E-state index contributed by atoms with van der Waals surface area (Å²) >= 11 is 0. The molecule has 8 nitrogen and oxygen atoms in total. The van der Waals surface area contributed by atoms with E-state index in [4.69, 9.17) is 14.6 Å². The first-order valence-electron chi connectivity index (χ1n) is 12.6. The molecule has 6 atom stereocenters. The van der Waals surface area contributed by atoms with Crippen molar-refractivity contribution in [1.82, 2.24) is 9.80 Å². The van der Waals surface area contributed by atoms with Crippen molar-refractivity contribution in [1.29, 1.82) is 0 Å². The largest absolute Gasteiger partial charge is 0.462 e. The van der Waals surface area contributed by atoms with Crippen LogP contribution >= 0.6 is 0 Å². The van der Waals surface area contributed by atoms with Gasteiger partial charge in [0, 0.05) is 25.2 Å². The van der Waals surface area contributed by atoms with Crippen LogP contribution in [0.5, 0.6) is 0 Å². The molecule has 3 unspecified atom stereocenters. The average molecular weight is 475 g/mol. The monoisotopic (exact) mass is 474 g/mol. The Morgan fingerprint density at radius 1 is 1.12 bits per heavy atom. The molecule has 0 aromatic heterocycles. The fraction of sp³-hybridized carbons (Fsp3) is 0.731. The molecule has 34 heavy (non-hydrogen) atoms. The molecule has 0 saturated carbocycles. The van der Waals surface area contributed by atoms with Crippen molar-refractivity contribution in [3.63, 3.8) is 0 Å². The molecule has 4 aliphatic heterocycles. The highest BCUT2D eigenvalue weighted by atomic mass is 16.6. The van der Waals surface area contributed by atoms with Gasteiger partial charge in [-0.25, -0.2) is 0 Å². The van der Waals surface area contributed by atoms with E-state index in [9.17, 15) is 14.4 Å². The van der Waals surface area contributed by atoms with Crippen LogP contribution in [0.3, 0.4) is 0 Å². The van der Waals surface area contributed by atoms with Gasteiger partial charge in [-0.3, -0.25) is 14.4 Å². The Morgan fingerprint density at radius 3 is 2.59 bits per heavy atom. The second-order valence-electron chi connectivity index (χ2n) is 10.9. The van der Waals surface area contributed by atoms with Gasteiger partial charge in [-0.1, -0.05) is 24.3 Å². The van der Waals surface area contributed by atoms with Gasteiger partial charge in [-0.05, 0) is 59.8 Å². The maximum atomic E-state index is 14.0. The van der Waals surface area contributed by atoms with E-state index in [1.807, 2.05) is 52.0 Å². The van der Waals surface area contributed by atoms with E-state index >= 15 is 0 Å². The molecule has 0 aromatic carbocycles. The first kappa shape index (κ1) is 24.9. The Labute approximate surface area is 201 Å². The van der Waals surface area contributed by atoms with Gasteiger partial charge < -0.3 is 24.4 Å². The minimum absolute atomic E-state index is 0.0899. The van der Waals surface area contributed by atoms with E-state index in [1.165, 1.54) is 0 Å². The predicted octanol–water partition coefficient (Wildman–Crippen LogP) is 2.21. The lowest BCUT2D eigenvalue weighted by atomic mass is 9.78. The van der Waals surface area contributed by atoms with Crippen LogP contribution in [0, 0.1) is 11.8 Å². The van der Waals surface area contributed by atoms with Crippen LogP contribution in [0.2, 0.25) is 0 Å². The summed E-state index contributed by atoms with van der Waals surface area (Å²) in [6.07, 6.45) is 10.3. The molecular formula is C26H38N2O6. The molecule has 1 spiro atoms. The van der Waals surface area contributed by atoms with Crippen molar-refractivity contribution in [2.75, 3.05) is 19.7 Å². The number of likely N-dealkylation sites (tertiary alicyclic amines) is 1. The standard InChI is InChI=1S/C26H38N2O6/c1-17-11-6-7-12-18-19(24(32)33-17)20-22(30)27(14-8-5-9-16-29)21-23(31)28(25(2,3)4)15-10-13-26(20,21)34-18/h7,10,12-13,17-21,29H,5-6,8-9,11,14-16H2,1-4H3/b12-7-/t17?,18-,19?,20+,21-,26?/m1/s1. The molecule has 0 radical (unpaired) electrons. The van der Waals surface area contributed by atoms with Gasteiger partial charge in [0.1, 0.15) is 17.6 Å². The minimum Gasteiger partial charge on any atom is -0.462 e. The van der Waals surface area contributed by atoms with Crippen molar-refractivity contribution in [2.24, 2.45) is 11.8 Å². The summed E-state index contributed by atoms with van der Waals surface area (Å²) in [6, 6.07) is -0.842. The first-order valence-corrected chi connectivity index (χ1v) is 12.6. The zero-order valence-corrected chi connectivity index (χ0v) is 20.7. The fourth-order valence-electron chi connectivity index (χ4n) is 5.86. The maximum absolute atomic E-state index is 14.0. The molecule has 4 rings (SSSR count). The van der Waals surface area contributed by atoms with Gasteiger partial charge in [0.05, 0.1) is 18.1 Å². The number of amides is 2. The molecule has 0 bridgehead atoms. The summed E-state index contributed by atoms with van der Waals surface area (Å²) in [5.74, 6) is -2.44. The third-order valence-corrected chi connectivity index (χ3v) is 7.52. The lowest BCUT2D eigenvalue weighted by Gasteiger charge is -2.40. The van der Waals surface area contributed by atoms with Crippen LogP contribution in [0.25, 0.3) is 0 Å². The lowest BCUT2D eigenvalue weighted by molar-refractivity contribution is -0.158. The molecule has 2 saturated heterocycles. The SMILES string of the molecule is CC1CC/C=C\[C@H]2OC34C=CCN(C(C)(C)C)C(=O)[C@H]3N(CCCCCO)C(=O)[C@@H]4C2C(=O)O1. The number of aliphatic hydroxyl groups excluding tert-OH is 1.